The fraction of sp³-hybridized carbons (Fsp3) is 0.786. The van der Waals surface area contributed by atoms with Gasteiger partial charge in [0.05, 0.1) is 16.8 Å². The fourth-order valence-electron chi connectivity index (χ4n) is 9.40. The maximum atomic E-state index is 13.1. The largest absolute Gasteiger partial charge is 0.393 e. The third kappa shape index (κ3) is 3.59. The minimum atomic E-state index is -3.24. The number of benzene rings is 1. The van der Waals surface area contributed by atoms with Crippen LogP contribution >= 0.6 is 0 Å². The standard InChI is InChI=1S/C28H42O3S/c1-19(18-32(30,31)22-7-5-4-6-8-22)24-11-12-25-23-10-9-20-17-21(29)13-15-27(20,2)26(23)14-16-28(24,25)3/h4-8,19-21,23-26,29H,9-18H2,1-3H3/t19-,20?,21+,23?,24-,25?,26?,27+,28-/m1/s1. The molecule has 4 unspecified atom stereocenters. The van der Waals surface area contributed by atoms with Crippen molar-refractivity contribution in [2.75, 3.05) is 5.75 Å². The zero-order chi connectivity index (χ0) is 22.7. The molecule has 3 nitrogen and oxygen atoms in total. The number of aliphatic hydroxyl groups is 1. The molecule has 4 aliphatic carbocycles. The molecule has 0 amide bonds. The highest BCUT2D eigenvalue weighted by Crippen LogP contribution is 2.68. The quantitative estimate of drug-likeness (QED) is 0.592. The van der Waals surface area contributed by atoms with Crippen LogP contribution in [-0.2, 0) is 9.84 Å². The van der Waals surface area contributed by atoms with Gasteiger partial charge in [-0.05, 0) is 116 Å². The SMILES string of the molecule is C[C@H](CS(=O)(=O)c1ccccc1)[C@H]1CCC2C3CCC4C[C@@H](O)CC[C@]4(C)C3CC[C@@]21C. The minimum Gasteiger partial charge on any atom is -0.393 e. The van der Waals surface area contributed by atoms with Gasteiger partial charge in [-0.1, -0.05) is 39.0 Å². The van der Waals surface area contributed by atoms with Gasteiger partial charge in [0.15, 0.2) is 9.84 Å². The van der Waals surface area contributed by atoms with Crippen molar-refractivity contribution in [3.8, 4) is 0 Å². The molecule has 4 fully saturated rings. The molecule has 0 aliphatic heterocycles. The van der Waals surface area contributed by atoms with Gasteiger partial charge >= 0.3 is 0 Å². The van der Waals surface area contributed by atoms with E-state index in [1.165, 1.54) is 44.9 Å². The Kier molecular flexibility index (Phi) is 5.81. The Morgan fingerprint density at radius 2 is 1.62 bits per heavy atom. The lowest BCUT2D eigenvalue weighted by molar-refractivity contribution is -0.128. The molecule has 32 heavy (non-hydrogen) atoms. The number of hydrogen-bond acceptors (Lipinski definition) is 3. The summed E-state index contributed by atoms with van der Waals surface area (Å²) >= 11 is 0. The van der Waals surface area contributed by atoms with E-state index in [9.17, 15) is 13.5 Å². The molecule has 0 saturated heterocycles. The molecule has 1 aromatic carbocycles. The first kappa shape index (κ1) is 22.9. The van der Waals surface area contributed by atoms with E-state index < -0.39 is 9.84 Å². The summed E-state index contributed by atoms with van der Waals surface area (Å²) in [5, 5.41) is 10.3. The average molecular weight is 459 g/mol. The molecule has 0 bridgehead atoms. The summed E-state index contributed by atoms with van der Waals surface area (Å²) in [5.74, 6) is 4.02. The van der Waals surface area contributed by atoms with Crippen molar-refractivity contribution in [2.24, 2.45) is 46.3 Å². The fourth-order valence-corrected chi connectivity index (χ4v) is 11.1. The van der Waals surface area contributed by atoms with E-state index in [0.29, 0.717) is 22.1 Å². The highest BCUT2D eigenvalue weighted by atomic mass is 32.2. The summed E-state index contributed by atoms with van der Waals surface area (Å²) < 4.78 is 26.2. The van der Waals surface area contributed by atoms with Crippen molar-refractivity contribution in [1.82, 2.24) is 0 Å². The Morgan fingerprint density at radius 3 is 2.38 bits per heavy atom. The first-order valence-electron chi connectivity index (χ1n) is 13.1. The smallest absolute Gasteiger partial charge is 0.178 e. The van der Waals surface area contributed by atoms with Crippen LogP contribution in [-0.4, -0.2) is 25.4 Å². The number of rotatable bonds is 4. The summed E-state index contributed by atoms with van der Waals surface area (Å²) in [6.07, 6.45) is 10.7. The first-order valence-corrected chi connectivity index (χ1v) is 14.8. The number of sulfone groups is 1. The van der Waals surface area contributed by atoms with Crippen molar-refractivity contribution >= 4 is 9.84 Å². The van der Waals surface area contributed by atoms with Gasteiger partial charge in [-0.25, -0.2) is 8.42 Å². The lowest BCUT2D eigenvalue weighted by atomic mass is 9.44. The van der Waals surface area contributed by atoms with Crippen LogP contribution in [0.3, 0.4) is 0 Å². The second-order valence-corrected chi connectivity index (χ2v) is 14.4. The molecular weight excluding hydrogens is 416 g/mol. The summed E-state index contributed by atoms with van der Waals surface area (Å²) in [6.45, 7) is 7.26. The monoisotopic (exact) mass is 458 g/mol. The Bertz CT molecular complexity index is 927. The van der Waals surface area contributed by atoms with E-state index in [1.807, 2.05) is 18.2 Å². The number of fused-ring (bicyclic) bond motifs is 5. The highest BCUT2D eigenvalue weighted by Gasteiger charge is 2.60. The van der Waals surface area contributed by atoms with E-state index >= 15 is 0 Å². The lowest BCUT2D eigenvalue weighted by Gasteiger charge is -2.61. The molecule has 1 N–H and O–H groups in total. The van der Waals surface area contributed by atoms with Crippen molar-refractivity contribution in [3.05, 3.63) is 30.3 Å². The van der Waals surface area contributed by atoms with Crippen LogP contribution in [0.1, 0.15) is 78.6 Å². The van der Waals surface area contributed by atoms with Crippen molar-refractivity contribution in [3.63, 3.8) is 0 Å². The Hall–Kier alpha value is -0.870. The summed E-state index contributed by atoms with van der Waals surface area (Å²) in [6, 6.07) is 9.02. The average Bonchev–Trinajstić information content (AvgIpc) is 3.12. The maximum Gasteiger partial charge on any atom is 0.178 e. The second-order valence-electron chi connectivity index (χ2n) is 12.4. The van der Waals surface area contributed by atoms with Crippen LogP contribution < -0.4 is 0 Å². The highest BCUT2D eigenvalue weighted by molar-refractivity contribution is 7.91. The Balaban J connectivity index is 1.34. The number of aliphatic hydroxyl groups excluding tert-OH is 1. The third-order valence-corrected chi connectivity index (χ3v) is 12.9. The predicted molar refractivity (Wildman–Crippen MR) is 129 cm³/mol. The van der Waals surface area contributed by atoms with Gasteiger partial charge in [0.25, 0.3) is 0 Å². The van der Waals surface area contributed by atoms with Gasteiger partial charge in [-0.15, -0.1) is 0 Å². The lowest BCUT2D eigenvalue weighted by Crippen LogP contribution is -2.54. The minimum absolute atomic E-state index is 0.0817. The molecule has 0 radical (unpaired) electrons. The summed E-state index contributed by atoms with van der Waals surface area (Å²) in [7, 11) is -3.24. The van der Waals surface area contributed by atoms with Gasteiger partial charge in [-0.3, -0.25) is 0 Å². The van der Waals surface area contributed by atoms with Crippen LogP contribution in [0.25, 0.3) is 0 Å². The summed E-state index contributed by atoms with van der Waals surface area (Å²) in [4.78, 5) is 0.473. The van der Waals surface area contributed by atoms with E-state index in [2.05, 4.69) is 20.8 Å². The molecule has 4 saturated carbocycles. The second kappa shape index (κ2) is 8.12. The van der Waals surface area contributed by atoms with Crippen molar-refractivity contribution in [2.45, 2.75) is 89.6 Å². The molecule has 4 heteroatoms. The molecule has 4 aliphatic rings. The predicted octanol–water partition coefficient (Wildman–Crippen LogP) is 6.12. The van der Waals surface area contributed by atoms with Gasteiger partial charge in [0.1, 0.15) is 0 Å². The molecule has 9 atom stereocenters. The van der Waals surface area contributed by atoms with Crippen LogP contribution in [0.2, 0.25) is 0 Å². The first-order chi connectivity index (χ1) is 15.1. The molecule has 5 rings (SSSR count). The van der Waals surface area contributed by atoms with Crippen molar-refractivity contribution < 1.29 is 13.5 Å². The third-order valence-electron chi connectivity index (χ3n) is 11.0. The van der Waals surface area contributed by atoms with Crippen LogP contribution in [0.5, 0.6) is 0 Å². The molecule has 0 aromatic heterocycles. The molecular formula is C28H42O3S. The Morgan fingerprint density at radius 1 is 0.938 bits per heavy atom. The van der Waals surface area contributed by atoms with Gasteiger partial charge in [0.2, 0.25) is 0 Å². The molecule has 1 aromatic rings. The Labute approximate surface area is 195 Å². The van der Waals surface area contributed by atoms with Crippen LogP contribution in [0.15, 0.2) is 35.2 Å². The molecule has 178 valence electrons. The molecule has 0 heterocycles. The summed E-state index contributed by atoms with van der Waals surface area (Å²) in [5.41, 5.74) is 0.688. The van der Waals surface area contributed by atoms with Crippen LogP contribution in [0.4, 0.5) is 0 Å². The van der Waals surface area contributed by atoms with E-state index in [-0.39, 0.29) is 23.2 Å². The zero-order valence-electron chi connectivity index (χ0n) is 20.2. The van der Waals surface area contributed by atoms with Gasteiger partial charge < -0.3 is 5.11 Å². The van der Waals surface area contributed by atoms with Gasteiger partial charge in [0, 0.05) is 0 Å². The van der Waals surface area contributed by atoms with Crippen molar-refractivity contribution in [1.29, 1.82) is 0 Å². The van der Waals surface area contributed by atoms with Gasteiger partial charge in [-0.2, -0.15) is 0 Å². The van der Waals surface area contributed by atoms with E-state index in [4.69, 9.17) is 0 Å². The maximum absolute atomic E-state index is 13.1. The number of hydrogen-bond donors (Lipinski definition) is 1. The van der Waals surface area contributed by atoms with E-state index in [1.54, 1.807) is 12.1 Å². The topological polar surface area (TPSA) is 54.4 Å². The zero-order valence-corrected chi connectivity index (χ0v) is 21.0. The molecule has 0 spiro atoms. The normalized spacial score (nSPS) is 44.9. The van der Waals surface area contributed by atoms with E-state index in [0.717, 1.165) is 30.6 Å². The van der Waals surface area contributed by atoms with Crippen LogP contribution in [0, 0.1) is 46.3 Å².